The highest BCUT2D eigenvalue weighted by molar-refractivity contribution is 6.28. The van der Waals surface area contributed by atoms with Gasteiger partial charge in [-0.2, -0.15) is 15.0 Å². The monoisotopic (exact) mass is 221 g/mol. The van der Waals surface area contributed by atoms with E-state index in [1.54, 1.807) is 12.3 Å². The summed E-state index contributed by atoms with van der Waals surface area (Å²) in [5.41, 5.74) is 7.17. The van der Waals surface area contributed by atoms with E-state index in [4.69, 9.17) is 17.3 Å². The summed E-state index contributed by atoms with van der Waals surface area (Å²) in [6.07, 6.45) is 1.68. The van der Waals surface area contributed by atoms with Crippen LogP contribution in [0, 0.1) is 6.92 Å². The van der Waals surface area contributed by atoms with Gasteiger partial charge in [-0.05, 0) is 30.7 Å². The second-order valence-electron chi connectivity index (χ2n) is 2.97. The highest BCUT2D eigenvalue weighted by Gasteiger charge is 2.05. The second-order valence-corrected chi connectivity index (χ2v) is 3.31. The molecule has 0 atom stereocenters. The molecule has 76 valence electrons. The molecule has 0 bridgehead atoms. The maximum atomic E-state index is 5.68. The van der Waals surface area contributed by atoms with Crippen LogP contribution in [-0.2, 0) is 0 Å². The molecule has 0 spiro atoms. The molecule has 0 saturated carbocycles. The van der Waals surface area contributed by atoms with Crippen molar-refractivity contribution in [3.63, 3.8) is 0 Å². The van der Waals surface area contributed by atoms with E-state index in [1.807, 2.05) is 13.0 Å². The lowest BCUT2D eigenvalue weighted by atomic mass is 10.2. The number of nitrogens with zero attached hydrogens (tertiary/aromatic N) is 4. The standard InChI is InChI=1S/C9H8ClN5/c1-5-4-6(2-3-12-5)7-13-8(10)15-9(11)14-7/h2-4H,1H3,(H2,11,13,14,15). The van der Waals surface area contributed by atoms with Gasteiger partial charge in [0.25, 0.3) is 0 Å². The molecule has 0 aliphatic carbocycles. The Labute approximate surface area is 91.4 Å². The van der Waals surface area contributed by atoms with Crippen LogP contribution >= 0.6 is 11.6 Å². The number of halogens is 1. The first-order chi connectivity index (χ1) is 7.15. The van der Waals surface area contributed by atoms with Gasteiger partial charge in [0.05, 0.1) is 0 Å². The van der Waals surface area contributed by atoms with Gasteiger partial charge in [-0.3, -0.25) is 4.98 Å². The molecule has 15 heavy (non-hydrogen) atoms. The molecule has 0 aliphatic heterocycles. The minimum absolute atomic E-state index is 0.0898. The molecule has 0 amide bonds. The summed E-state index contributed by atoms with van der Waals surface area (Å²) in [7, 11) is 0. The van der Waals surface area contributed by atoms with Crippen molar-refractivity contribution in [3.8, 4) is 11.4 Å². The molecule has 2 rings (SSSR count). The summed E-state index contributed by atoms with van der Waals surface area (Å²) < 4.78 is 0. The van der Waals surface area contributed by atoms with Crippen LogP contribution in [0.15, 0.2) is 18.3 Å². The number of anilines is 1. The summed E-state index contributed by atoms with van der Waals surface area (Å²) in [4.78, 5) is 15.7. The van der Waals surface area contributed by atoms with Gasteiger partial charge in [0, 0.05) is 17.5 Å². The van der Waals surface area contributed by atoms with Crippen LogP contribution in [0.4, 0.5) is 5.95 Å². The van der Waals surface area contributed by atoms with E-state index in [1.165, 1.54) is 0 Å². The smallest absolute Gasteiger partial charge is 0.227 e. The fraction of sp³-hybridized carbons (Fsp3) is 0.111. The van der Waals surface area contributed by atoms with Crippen LogP contribution in [0.3, 0.4) is 0 Å². The van der Waals surface area contributed by atoms with Crippen molar-refractivity contribution in [2.45, 2.75) is 6.92 Å². The Morgan fingerprint density at radius 2 is 2.07 bits per heavy atom. The summed E-state index contributed by atoms with van der Waals surface area (Å²) in [6, 6.07) is 3.64. The highest BCUT2D eigenvalue weighted by atomic mass is 35.5. The van der Waals surface area contributed by atoms with Gasteiger partial charge in [0.1, 0.15) is 0 Å². The first-order valence-corrected chi connectivity index (χ1v) is 4.63. The number of hydrogen-bond donors (Lipinski definition) is 1. The first kappa shape index (κ1) is 9.79. The number of rotatable bonds is 1. The zero-order valence-corrected chi connectivity index (χ0v) is 8.73. The second kappa shape index (κ2) is 3.78. The van der Waals surface area contributed by atoms with Crippen molar-refractivity contribution in [1.82, 2.24) is 19.9 Å². The van der Waals surface area contributed by atoms with Crippen molar-refractivity contribution in [2.24, 2.45) is 0 Å². The van der Waals surface area contributed by atoms with Crippen LogP contribution in [-0.4, -0.2) is 19.9 Å². The lowest BCUT2D eigenvalue weighted by molar-refractivity contribution is 1.07. The Morgan fingerprint density at radius 1 is 1.27 bits per heavy atom. The first-order valence-electron chi connectivity index (χ1n) is 4.25. The maximum Gasteiger partial charge on any atom is 0.227 e. The fourth-order valence-corrected chi connectivity index (χ4v) is 1.35. The largest absolute Gasteiger partial charge is 0.368 e. The lowest BCUT2D eigenvalue weighted by Gasteiger charge is -2.01. The third kappa shape index (κ3) is 2.19. The van der Waals surface area contributed by atoms with Gasteiger partial charge < -0.3 is 5.73 Å². The molecule has 0 unspecified atom stereocenters. The number of pyridine rings is 1. The average Bonchev–Trinajstić information content (AvgIpc) is 2.16. The third-order valence-corrected chi connectivity index (χ3v) is 1.95. The summed E-state index contributed by atoms with van der Waals surface area (Å²) in [5.74, 6) is 0.567. The Hall–Kier alpha value is -1.75. The molecule has 0 radical (unpaired) electrons. The zero-order valence-electron chi connectivity index (χ0n) is 7.98. The van der Waals surface area contributed by atoms with E-state index in [0.29, 0.717) is 5.82 Å². The van der Waals surface area contributed by atoms with Crippen LogP contribution in [0.1, 0.15) is 5.69 Å². The summed E-state index contributed by atoms with van der Waals surface area (Å²) in [6.45, 7) is 1.88. The van der Waals surface area contributed by atoms with E-state index in [0.717, 1.165) is 11.3 Å². The molecule has 0 fully saturated rings. The van der Waals surface area contributed by atoms with Crippen molar-refractivity contribution >= 4 is 17.5 Å². The predicted octanol–water partition coefficient (Wildman–Crippen LogP) is 1.48. The number of nitrogen functional groups attached to an aromatic ring is 1. The number of aryl methyl sites for hydroxylation is 1. The van der Waals surface area contributed by atoms with Gasteiger partial charge >= 0.3 is 0 Å². The minimum atomic E-state index is 0.0898. The SMILES string of the molecule is Cc1cc(-c2nc(N)nc(Cl)n2)ccn1. The topological polar surface area (TPSA) is 77.6 Å². The predicted molar refractivity (Wildman–Crippen MR) is 57.2 cm³/mol. The number of aromatic nitrogens is 4. The number of hydrogen-bond acceptors (Lipinski definition) is 5. The average molecular weight is 222 g/mol. The van der Waals surface area contributed by atoms with Gasteiger partial charge in [0.2, 0.25) is 11.2 Å². The molecule has 5 nitrogen and oxygen atoms in total. The third-order valence-electron chi connectivity index (χ3n) is 1.78. The molecule has 6 heteroatoms. The molecule has 2 aromatic rings. The molecular weight excluding hydrogens is 214 g/mol. The van der Waals surface area contributed by atoms with Crippen molar-refractivity contribution in [2.75, 3.05) is 5.73 Å². The van der Waals surface area contributed by atoms with Crippen molar-refractivity contribution < 1.29 is 0 Å². The molecule has 2 heterocycles. The molecule has 0 aromatic carbocycles. The van der Waals surface area contributed by atoms with E-state index in [-0.39, 0.29) is 11.2 Å². The van der Waals surface area contributed by atoms with Gasteiger partial charge in [-0.15, -0.1) is 0 Å². The van der Waals surface area contributed by atoms with E-state index in [9.17, 15) is 0 Å². The van der Waals surface area contributed by atoms with E-state index < -0.39 is 0 Å². The van der Waals surface area contributed by atoms with Crippen LogP contribution < -0.4 is 5.73 Å². The van der Waals surface area contributed by atoms with Gasteiger partial charge in [-0.25, -0.2) is 0 Å². The minimum Gasteiger partial charge on any atom is -0.368 e. The van der Waals surface area contributed by atoms with Crippen LogP contribution in [0.2, 0.25) is 5.28 Å². The zero-order chi connectivity index (χ0) is 10.8. The highest BCUT2D eigenvalue weighted by Crippen LogP contribution is 2.16. The maximum absolute atomic E-state index is 5.68. The van der Waals surface area contributed by atoms with Crippen molar-refractivity contribution in [1.29, 1.82) is 0 Å². The molecule has 0 saturated heterocycles. The molecule has 2 N–H and O–H groups in total. The van der Waals surface area contributed by atoms with E-state index >= 15 is 0 Å². The molecule has 0 aliphatic rings. The summed E-state index contributed by atoms with van der Waals surface area (Å²) >= 11 is 5.68. The van der Waals surface area contributed by atoms with Crippen molar-refractivity contribution in [3.05, 3.63) is 29.3 Å². The Bertz CT molecular complexity index is 479. The quantitative estimate of drug-likeness (QED) is 0.789. The van der Waals surface area contributed by atoms with Gasteiger partial charge in [0.15, 0.2) is 5.82 Å². The Morgan fingerprint density at radius 3 is 2.73 bits per heavy atom. The summed E-state index contributed by atoms with van der Waals surface area (Å²) in [5, 5.41) is 0.0898. The van der Waals surface area contributed by atoms with Crippen LogP contribution in [0.5, 0.6) is 0 Å². The Kier molecular flexibility index (Phi) is 2.47. The normalized spacial score (nSPS) is 10.3. The molecular formula is C9H8ClN5. The van der Waals surface area contributed by atoms with E-state index in [2.05, 4.69) is 19.9 Å². The molecule has 2 aromatic heterocycles. The lowest BCUT2D eigenvalue weighted by Crippen LogP contribution is -2.00. The van der Waals surface area contributed by atoms with Crippen LogP contribution in [0.25, 0.3) is 11.4 Å². The number of nitrogens with two attached hydrogens (primary N) is 1. The van der Waals surface area contributed by atoms with Gasteiger partial charge in [-0.1, -0.05) is 0 Å². The Balaban J connectivity index is 2.54. The fourth-order valence-electron chi connectivity index (χ4n) is 1.18.